The van der Waals surface area contributed by atoms with E-state index in [0.717, 1.165) is 24.5 Å². The predicted octanol–water partition coefficient (Wildman–Crippen LogP) is 3.48. The smallest absolute Gasteiger partial charge is 0.410 e. The highest BCUT2D eigenvalue weighted by Gasteiger charge is 2.30. The van der Waals surface area contributed by atoms with Crippen LogP contribution in [0, 0.1) is 0 Å². The zero-order valence-corrected chi connectivity index (χ0v) is 56.8. The summed E-state index contributed by atoms with van der Waals surface area (Å²) in [7, 11) is 0. The van der Waals surface area contributed by atoms with Gasteiger partial charge in [-0.05, 0) is 20.8 Å². The Bertz CT molecular complexity index is 2510. The summed E-state index contributed by atoms with van der Waals surface area (Å²) < 4.78 is 29.1. The second kappa shape index (κ2) is 45.0. The van der Waals surface area contributed by atoms with Crippen LogP contribution in [0.4, 0.5) is 33.6 Å². The van der Waals surface area contributed by atoms with Crippen molar-refractivity contribution in [2.45, 2.75) is 37.7 Å². The molecule has 0 saturated heterocycles. The molecular weight excluding hydrogens is 1420 g/mol. The van der Waals surface area contributed by atoms with Gasteiger partial charge in [0, 0.05) is 78.5 Å². The number of halogens is 9. The number of hydrogen-bond acceptors (Lipinski definition) is 20. The van der Waals surface area contributed by atoms with Crippen molar-refractivity contribution in [2.24, 2.45) is 0 Å². The minimum atomic E-state index is -2.10. The van der Waals surface area contributed by atoms with Crippen LogP contribution in [0.2, 0.25) is 0 Å². The largest absolute Gasteiger partial charge is 0.480 e. The third-order valence-corrected chi connectivity index (χ3v) is 11.2. The number of alkyl carbamates (subject to hydrolysis) is 1. The second-order valence-corrected chi connectivity index (χ2v) is 26.8. The number of alkyl halides is 9. The molecule has 0 saturated carbocycles. The molecule has 0 atom stereocenters. The fourth-order valence-electron chi connectivity index (χ4n) is 6.35. The maximum absolute atomic E-state index is 13.3. The van der Waals surface area contributed by atoms with Crippen LogP contribution in [-0.2, 0) is 61.9 Å². The number of hydrogen-bond donors (Lipinski definition) is 7. The maximum Gasteiger partial charge on any atom is 0.410 e. The van der Waals surface area contributed by atoms with Crippen molar-refractivity contribution in [1.82, 2.24) is 61.3 Å². The minimum Gasteiger partial charge on any atom is -0.480 e. The first kappa shape index (κ1) is 85.5. The molecule has 0 fully saturated rings. The molecule has 0 spiro atoms. The van der Waals surface area contributed by atoms with Gasteiger partial charge in [-0.2, -0.15) is 0 Å². The summed E-state index contributed by atoms with van der Waals surface area (Å²) in [6.45, 7) is 3.63. The number of nitrogens with one attached hydrogen (secondary N) is 6. The number of rotatable bonds is 39. The number of amides is 12. The van der Waals surface area contributed by atoms with E-state index in [-0.39, 0.29) is 72.2 Å². The normalized spacial score (nSPS) is 11.1. The van der Waals surface area contributed by atoms with E-state index in [2.05, 4.69) is 51.6 Å². The molecule has 0 unspecified atom stereocenters. The Hall–Kier alpha value is -6.46. The van der Waals surface area contributed by atoms with Crippen molar-refractivity contribution in [3.05, 3.63) is 38.0 Å². The van der Waals surface area contributed by atoms with Gasteiger partial charge in [0.05, 0.1) is 0 Å². The van der Waals surface area contributed by atoms with E-state index >= 15 is 0 Å². The number of carbonyl (C=O) groups excluding carboxylic acids is 12. The zero-order valence-electron chi connectivity index (χ0n) is 50.0. The topological polar surface area (TPSA) is 398 Å². The van der Waals surface area contributed by atoms with Gasteiger partial charge in [-0.15, -0.1) is 0 Å². The summed E-state index contributed by atoms with van der Waals surface area (Å²) in [4.78, 5) is 171. The molecule has 0 heterocycles. The van der Waals surface area contributed by atoms with Crippen molar-refractivity contribution in [2.75, 3.05) is 157 Å². The summed E-state index contributed by atoms with van der Waals surface area (Å²) in [5.41, 5.74) is -0.840. The molecule has 0 aromatic heterocycles. The van der Waals surface area contributed by atoms with Gasteiger partial charge in [0.2, 0.25) is 40.9 Å². The maximum atomic E-state index is 13.3. The molecule has 522 valence electrons. The van der Waals surface area contributed by atoms with E-state index < -0.39 is 180 Å². The number of carboxylic acid groups (broad SMARTS) is 1. The molecule has 92 heavy (non-hydrogen) atoms. The molecule has 12 amide bonds. The molecule has 0 radical (unpaired) electrons. The van der Waals surface area contributed by atoms with Crippen LogP contribution in [0.25, 0.3) is 0 Å². The highest BCUT2D eigenvalue weighted by molar-refractivity contribution is 6.68. The molecule has 7 N–H and O–H groups in total. The lowest BCUT2D eigenvalue weighted by atomic mass is 10.2. The minimum absolute atomic E-state index is 0.204. The second-order valence-electron chi connectivity index (χ2n) is 19.2. The lowest BCUT2D eigenvalue weighted by Gasteiger charge is -2.25. The van der Waals surface area contributed by atoms with Crippen LogP contribution in [0.5, 0.6) is 0 Å². The van der Waals surface area contributed by atoms with E-state index in [1.807, 2.05) is 0 Å². The molecular formula is C50H73Cl9N12O21. The first-order valence-corrected chi connectivity index (χ1v) is 30.2. The number of aliphatic carboxylic acids is 1. The lowest BCUT2D eigenvalue weighted by molar-refractivity contribution is -0.138. The number of carbonyl (C=O) groups is 13. The fraction of sp³-hybridized carbons (Fsp3) is 0.620. The average molecular weight is 1500 g/mol. The summed E-state index contributed by atoms with van der Waals surface area (Å²) >= 11 is 51.1. The standard InChI is InChI=1S/C50H73Cl9N12O21/c1-7-22-86-41(80)66(25-34(72)60-10-16-68(43(82)88-24-9-3)27-36(74)64-14-20-71(30-39(77)78)46(85)91-33-50(57,58)59)17-11-61-37(75)28-69(44(83)89-31-48(51,52)53)19-13-63-35(73)26-67(42(81)87-23-8-2)18-12-62-38(76)29-70(45(84)90-32-49(54,55)56)21-15-65-40(79)92-47(4,5)6/h7-9H,1-3,10-33H2,4-6H3,(H,60,72)(H,61,75)(H,62,76)(H,63,73)(H,64,74)(H,65,79)(H,77,78). The fourth-order valence-corrected chi connectivity index (χ4v) is 6.84. The monoisotopic (exact) mass is 1490 g/mol. The van der Waals surface area contributed by atoms with Crippen LogP contribution in [0.1, 0.15) is 20.8 Å². The molecule has 0 aromatic carbocycles. The predicted molar refractivity (Wildman–Crippen MR) is 336 cm³/mol. The first-order valence-electron chi connectivity index (χ1n) is 26.8. The Balaban J connectivity index is 5.93. The molecule has 0 aliphatic rings. The molecule has 0 rings (SSSR count). The highest BCUT2D eigenvalue weighted by Crippen LogP contribution is 2.28. The van der Waals surface area contributed by atoms with Crippen LogP contribution < -0.4 is 31.9 Å². The molecule has 0 aliphatic heterocycles. The van der Waals surface area contributed by atoms with Gasteiger partial charge in [-0.1, -0.05) is 142 Å². The van der Waals surface area contributed by atoms with Crippen LogP contribution in [-0.4, -0.2) is 287 Å². The van der Waals surface area contributed by atoms with Crippen LogP contribution in [0.3, 0.4) is 0 Å². The van der Waals surface area contributed by atoms with Gasteiger partial charge in [0.1, 0.15) is 84.5 Å². The molecule has 0 bridgehead atoms. The number of carboxylic acids is 1. The summed E-state index contributed by atoms with van der Waals surface area (Å²) in [5.74, 6) is -5.59. The SMILES string of the molecule is C=CCOC(=O)N(CCNC(=O)CN(CCNC(=O)CN(CCNC(=O)CN(CCNC(=O)CN(CCNC(=O)OC(C)(C)C)C(=O)OCC(Cl)(Cl)Cl)C(=O)OCC=C)C(=O)OCC(Cl)(Cl)Cl)C(=O)OCC=C)CC(=O)NCCN(CC(=O)O)C(=O)OCC(Cl)(Cl)Cl. The van der Waals surface area contributed by atoms with Gasteiger partial charge in [-0.3, -0.25) is 58.2 Å². The van der Waals surface area contributed by atoms with Gasteiger partial charge in [-0.25, -0.2) is 33.6 Å². The quantitative estimate of drug-likeness (QED) is 0.0263. The molecule has 42 heteroatoms. The third kappa shape index (κ3) is 44.9. The van der Waals surface area contributed by atoms with E-state index in [4.69, 9.17) is 138 Å². The number of ether oxygens (including phenoxy) is 7. The van der Waals surface area contributed by atoms with Gasteiger partial charge < -0.3 is 70.2 Å². The molecule has 0 aromatic rings. The van der Waals surface area contributed by atoms with Crippen molar-refractivity contribution < 1.29 is 101 Å². The van der Waals surface area contributed by atoms with Crippen molar-refractivity contribution in [1.29, 1.82) is 0 Å². The average Bonchev–Trinajstić information content (AvgIpc) is 1.55. The van der Waals surface area contributed by atoms with E-state index in [1.54, 1.807) is 20.8 Å². The Morgan fingerprint density at radius 3 is 0.761 bits per heavy atom. The Morgan fingerprint density at radius 2 is 0.565 bits per heavy atom. The van der Waals surface area contributed by atoms with Gasteiger partial charge in [0.15, 0.2) is 0 Å². The van der Waals surface area contributed by atoms with Crippen molar-refractivity contribution in [3.8, 4) is 0 Å². The summed E-state index contributed by atoms with van der Waals surface area (Å²) in [6.07, 6.45) is -3.68. The Morgan fingerprint density at radius 1 is 0.359 bits per heavy atom. The first-order chi connectivity index (χ1) is 42.8. The van der Waals surface area contributed by atoms with Gasteiger partial charge >= 0.3 is 48.6 Å². The molecule has 0 aliphatic carbocycles. The van der Waals surface area contributed by atoms with E-state index in [0.29, 0.717) is 4.90 Å². The van der Waals surface area contributed by atoms with E-state index in [9.17, 15) is 67.4 Å². The highest BCUT2D eigenvalue weighted by atomic mass is 35.6. The Labute approximate surface area is 574 Å². The van der Waals surface area contributed by atoms with Crippen LogP contribution in [0.15, 0.2) is 38.0 Å². The van der Waals surface area contributed by atoms with Crippen LogP contribution >= 0.6 is 104 Å². The van der Waals surface area contributed by atoms with E-state index in [1.165, 1.54) is 18.2 Å². The Kier molecular flexibility index (Phi) is 41.8. The summed E-state index contributed by atoms with van der Waals surface area (Å²) in [6, 6.07) is 0. The van der Waals surface area contributed by atoms with Crippen molar-refractivity contribution in [3.63, 3.8) is 0 Å². The lowest BCUT2D eigenvalue weighted by Crippen LogP contribution is -2.49. The third-order valence-electron chi connectivity index (χ3n) is 10.2. The van der Waals surface area contributed by atoms with Crippen molar-refractivity contribution >= 4 is 183 Å². The number of nitrogens with zero attached hydrogens (tertiary/aromatic N) is 6. The zero-order chi connectivity index (χ0) is 70.3. The van der Waals surface area contributed by atoms with Gasteiger partial charge in [0.25, 0.3) is 0 Å². The molecule has 33 nitrogen and oxygen atoms in total. The summed E-state index contributed by atoms with van der Waals surface area (Å²) in [5, 5.41) is 23.9.